The Bertz CT molecular complexity index is 414. The van der Waals surface area contributed by atoms with Crippen LogP contribution in [0.3, 0.4) is 0 Å². The van der Waals surface area contributed by atoms with Crippen LogP contribution in [0.15, 0.2) is 16.7 Å². The summed E-state index contributed by atoms with van der Waals surface area (Å²) in [6, 6.07) is 1.93. The fraction of sp³-hybridized carbons (Fsp3) is 0.500. The van der Waals surface area contributed by atoms with Gasteiger partial charge in [0.1, 0.15) is 5.82 Å². The Morgan fingerprint density at radius 2 is 2.33 bits per heavy atom. The Labute approximate surface area is 120 Å². The topological polar surface area (TPSA) is 54.0 Å². The molecule has 1 rings (SSSR count). The molecule has 1 unspecified atom stereocenters. The van der Waals surface area contributed by atoms with Crippen molar-refractivity contribution in [2.75, 3.05) is 24.4 Å². The van der Waals surface area contributed by atoms with Gasteiger partial charge in [0.2, 0.25) is 0 Å². The minimum Gasteiger partial charge on any atom is -0.372 e. The normalized spacial score (nSPS) is 12.0. The van der Waals surface area contributed by atoms with Crippen LogP contribution in [0.2, 0.25) is 0 Å². The SMILES string of the molecule is CNc1ncc(Br)cc1C(=O)NC(C)CCSC. The van der Waals surface area contributed by atoms with Crippen LogP contribution in [0.5, 0.6) is 0 Å². The van der Waals surface area contributed by atoms with Crippen LogP contribution in [-0.2, 0) is 0 Å². The third-order valence-electron chi connectivity index (χ3n) is 2.47. The zero-order valence-electron chi connectivity index (χ0n) is 10.8. The summed E-state index contributed by atoms with van der Waals surface area (Å²) < 4.78 is 0.795. The first-order chi connectivity index (χ1) is 8.58. The van der Waals surface area contributed by atoms with Gasteiger partial charge in [-0.2, -0.15) is 11.8 Å². The summed E-state index contributed by atoms with van der Waals surface area (Å²) in [5.41, 5.74) is 0.558. The first-order valence-electron chi connectivity index (χ1n) is 5.71. The molecule has 0 aliphatic rings. The summed E-state index contributed by atoms with van der Waals surface area (Å²) in [7, 11) is 1.75. The van der Waals surface area contributed by atoms with Gasteiger partial charge in [0.15, 0.2) is 0 Å². The predicted molar refractivity (Wildman–Crippen MR) is 81.4 cm³/mol. The predicted octanol–water partition coefficient (Wildman–Crippen LogP) is 2.76. The highest BCUT2D eigenvalue weighted by atomic mass is 79.9. The Hall–Kier alpha value is -0.750. The Morgan fingerprint density at radius 1 is 1.61 bits per heavy atom. The summed E-state index contributed by atoms with van der Waals surface area (Å²) in [4.78, 5) is 16.3. The maximum absolute atomic E-state index is 12.1. The fourth-order valence-corrected chi connectivity index (χ4v) is 2.40. The Morgan fingerprint density at radius 3 is 2.94 bits per heavy atom. The van der Waals surface area contributed by atoms with Gasteiger partial charge in [-0.15, -0.1) is 0 Å². The second kappa shape index (κ2) is 7.63. The number of amides is 1. The van der Waals surface area contributed by atoms with E-state index in [-0.39, 0.29) is 11.9 Å². The Kier molecular flexibility index (Phi) is 6.49. The molecule has 1 aromatic heterocycles. The number of anilines is 1. The quantitative estimate of drug-likeness (QED) is 0.841. The van der Waals surface area contributed by atoms with Crippen molar-refractivity contribution in [3.63, 3.8) is 0 Å². The highest BCUT2D eigenvalue weighted by Crippen LogP contribution is 2.17. The van der Waals surface area contributed by atoms with Crippen molar-refractivity contribution in [2.45, 2.75) is 19.4 Å². The second-order valence-electron chi connectivity index (χ2n) is 3.96. The van der Waals surface area contributed by atoms with E-state index >= 15 is 0 Å². The van der Waals surface area contributed by atoms with E-state index in [2.05, 4.69) is 37.8 Å². The molecule has 100 valence electrons. The first kappa shape index (κ1) is 15.3. The van der Waals surface area contributed by atoms with E-state index in [1.54, 1.807) is 31.1 Å². The van der Waals surface area contributed by atoms with Gasteiger partial charge in [-0.3, -0.25) is 4.79 Å². The third kappa shape index (κ3) is 4.49. The molecule has 1 amide bonds. The highest BCUT2D eigenvalue weighted by Gasteiger charge is 2.14. The molecule has 0 fully saturated rings. The van der Waals surface area contributed by atoms with E-state index < -0.39 is 0 Å². The van der Waals surface area contributed by atoms with Crippen LogP contribution in [0.4, 0.5) is 5.82 Å². The zero-order chi connectivity index (χ0) is 13.5. The van der Waals surface area contributed by atoms with E-state index in [1.807, 2.05) is 6.92 Å². The molecular formula is C12H18BrN3OS. The maximum atomic E-state index is 12.1. The number of pyridine rings is 1. The van der Waals surface area contributed by atoms with Gasteiger partial charge in [0, 0.05) is 23.8 Å². The number of hydrogen-bond donors (Lipinski definition) is 2. The second-order valence-corrected chi connectivity index (χ2v) is 5.86. The molecule has 1 heterocycles. The van der Waals surface area contributed by atoms with Crippen molar-refractivity contribution in [3.8, 4) is 0 Å². The lowest BCUT2D eigenvalue weighted by Crippen LogP contribution is -2.33. The van der Waals surface area contributed by atoms with E-state index in [0.717, 1.165) is 16.6 Å². The monoisotopic (exact) mass is 331 g/mol. The molecule has 1 aromatic rings. The van der Waals surface area contributed by atoms with Crippen LogP contribution in [0, 0.1) is 0 Å². The van der Waals surface area contributed by atoms with Crippen LogP contribution < -0.4 is 10.6 Å². The zero-order valence-corrected chi connectivity index (χ0v) is 13.2. The number of hydrogen-bond acceptors (Lipinski definition) is 4. The van der Waals surface area contributed by atoms with Crippen LogP contribution in [0.1, 0.15) is 23.7 Å². The average Bonchev–Trinajstić information content (AvgIpc) is 2.36. The molecule has 0 saturated carbocycles. The van der Waals surface area contributed by atoms with E-state index in [1.165, 1.54) is 0 Å². The van der Waals surface area contributed by atoms with Crippen molar-refractivity contribution in [2.24, 2.45) is 0 Å². The largest absolute Gasteiger partial charge is 0.372 e. The minimum atomic E-state index is -0.0956. The maximum Gasteiger partial charge on any atom is 0.255 e. The smallest absolute Gasteiger partial charge is 0.255 e. The number of thioether (sulfide) groups is 1. The lowest BCUT2D eigenvalue weighted by molar-refractivity contribution is 0.0940. The standard InChI is InChI=1S/C12H18BrN3OS/c1-8(4-5-18-3)16-12(17)10-6-9(13)7-15-11(10)14-2/h6-8H,4-5H2,1-3H3,(H,14,15)(H,16,17). The van der Waals surface area contributed by atoms with Gasteiger partial charge in [0.05, 0.1) is 5.56 Å². The number of carbonyl (C=O) groups excluding carboxylic acids is 1. The molecule has 2 N–H and O–H groups in total. The number of nitrogens with zero attached hydrogens (tertiary/aromatic N) is 1. The third-order valence-corrected chi connectivity index (χ3v) is 3.55. The van der Waals surface area contributed by atoms with Gasteiger partial charge in [0.25, 0.3) is 5.91 Å². The van der Waals surface area contributed by atoms with E-state index in [0.29, 0.717) is 11.4 Å². The number of aromatic nitrogens is 1. The number of nitrogens with one attached hydrogen (secondary N) is 2. The summed E-state index contributed by atoms with van der Waals surface area (Å²) >= 11 is 5.11. The van der Waals surface area contributed by atoms with Gasteiger partial charge >= 0.3 is 0 Å². The molecule has 0 aliphatic heterocycles. The van der Waals surface area contributed by atoms with Gasteiger partial charge in [-0.25, -0.2) is 4.98 Å². The number of carbonyl (C=O) groups is 1. The molecule has 1 atom stereocenters. The average molecular weight is 332 g/mol. The Balaban J connectivity index is 2.74. The van der Waals surface area contributed by atoms with Crippen LogP contribution in [0.25, 0.3) is 0 Å². The fourth-order valence-electron chi connectivity index (χ4n) is 1.48. The molecule has 0 bridgehead atoms. The lowest BCUT2D eigenvalue weighted by atomic mass is 10.2. The molecule has 0 aliphatic carbocycles. The molecule has 0 aromatic carbocycles. The van der Waals surface area contributed by atoms with Crippen molar-refractivity contribution in [3.05, 3.63) is 22.3 Å². The minimum absolute atomic E-state index is 0.0956. The highest BCUT2D eigenvalue weighted by molar-refractivity contribution is 9.10. The summed E-state index contributed by atoms with van der Waals surface area (Å²) in [6.07, 6.45) is 4.69. The molecule has 4 nitrogen and oxygen atoms in total. The van der Waals surface area contributed by atoms with Gasteiger partial charge in [-0.1, -0.05) is 0 Å². The van der Waals surface area contributed by atoms with E-state index in [4.69, 9.17) is 0 Å². The van der Waals surface area contributed by atoms with Crippen LogP contribution >= 0.6 is 27.7 Å². The lowest BCUT2D eigenvalue weighted by Gasteiger charge is -2.14. The summed E-state index contributed by atoms with van der Waals surface area (Å²) in [6.45, 7) is 2.01. The summed E-state index contributed by atoms with van der Waals surface area (Å²) in [5.74, 6) is 1.53. The number of halogens is 1. The molecule has 18 heavy (non-hydrogen) atoms. The molecular weight excluding hydrogens is 314 g/mol. The van der Waals surface area contributed by atoms with E-state index in [9.17, 15) is 4.79 Å². The van der Waals surface area contributed by atoms with Gasteiger partial charge in [-0.05, 0) is 47.3 Å². The van der Waals surface area contributed by atoms with Crippen LogP contribution in [-0.4, -0.2) is 36.0 Å². The van der Waals surface area contributed by atoms with Gasteiger partial charge < -0.3 is 10.6 Å². The molecule has 0 saturated heterocycles. The van der Waals surface area contributed by atoms with Crippen molar-refractivity contribution >= 4 is 39.4 Å². The van der Waals surface area contributed by atoms with Crippen molar-refractivity contribution < 1.29 is 4.79 Å². The first-order valence-corrected chi connectivity index (χ1v) is 7.90. The molecule has 6 heteroatoms. The van der Waals surface area contributed by atoms with Crippen molar-refractivity contribution in [1.82, 2.24) is 10.3 Å². The summed E-state index contributed by atoms with van der Waals surface area (Å²) in [5, 5.41) is 5.90. The molecule has 0 spiro atoms. The van der Waals surface area contributed by atoms with Crippen molar-refractivity contribution in [1.29, 1.82) is 0 Å². The number of rotatable bonds is 6. The molecule has 0 radical (unpaired) electrons.